The SMILES string of the molecule is CO[C@@H]1C[C@@H](c2n[nH]c(C)n2)N(CCN2CCCCC2)C1. The van der Waals surface area contributed by atoms with E-state index in [9.17, 15) is 0 Å². The zero-order valence-corrected chi connectivity index (χ0v) is 13.2. The standard InChI is InChI=1S/C15H27N5O/c1-12-16-15(18-17-12)14-10-13(21-2)11-20(14)9-8-19-6-4-3-5-7-19/h13-14H,3-11H2,1-2H3,(H,16,17,18)/t13-,14+/m1/s1. The van der Waals surface area contributed by atoms with Crippen molar-refractivity contribution in [2.75, 3.05) is 39.8 Å². The average Bonchev–Trinajstić information content (AvgIpc) is 3.12. The number of nitrogens with zero attached hydrogens (tertiary/aromatic N) is 4. The van der Waals surface area contributed by atoms with E-state index in [1.165, 1.54) is 32.4 Å². The fourth-order valence-electron chi connectivity index (χ4n) is 3.51. The van der Waals surface area contributed by atoms with Crippen LogP contribution in [-0.2, 0) is 4.74 Å². The molecule has 0 unspecified atom stereocenters. The molecule has 2 fully saturated rings. The molecule has 0 radical (unpaired) electrons. The van der Waals surface area contributed by atoms with E-state index in [-0.39, 0.29) is 0 Å². The summed E-state index contributed by atoms with van der Waals surface area (Å²) < 4.78 is 5.57. The second-order valence-corrected chi connectivity index (χ2v) is 6.29. The van der Waals surface area contributed by atoms with Gasteiger partial charge in [0, 0.05) is 26.7 Å². The highest BCUT2D eigenvalue weighted by Gasteiger charge is 2.35. The average molecular weight is 293 g/mol. The molecule has 0 bridgehead atoms. The van der Waals surface area contributed by atoms with Gasteiger partial charge in [0.1, 0.15) is 5.82 Å². The predicted molar refractivity (Wildman–Crippen MR) is 81.1 cm³/mol. The van der Waals surface area contributed by atoms with Crippen molar-refractivity contribution in [3.05, 3.63) is 11.6 Å². The zero-order chi connectivity index (χ0) is 14.7. The first kappa shape index (κ1) is 14.9. The maximum absolute atomic E-state index is 5.57. The van der Waals surface area contributed by atoms with Crippen LogP contribution in [0.4, 0.5) is 0 Å². The van der Waals surface area contributed by atoms with Crippen LogP contribution in [0.15, 0.2) is 0 Å². The molecule has 0 spiro atoms. The molecule has 3 rings (SSSR count). The van der Waals surface area contributed by atoms with Gasteiger partial charge in [0.25, 0.3) is 0 Å². The molecule has 0 aromatic carbocycles. The molecule has 2 aliphatic rings. The summed E-state index contributed by atoms with van der Waals surface area (Å²) in [7, 11) is 1.80. The minimum absolute atomic E-state index is 0.296. The fourth-order valence-corrected chi connectivity index (χ4v) is 3.51. The number of piperidine rings is 1. The maximum atomic E-state index is 5.57. The van der Waals surface area contributed by atoms with Gasteiger partial charge in [-0.1, -0.05) is 6.42 Å². The largest absolute Gasteiger partial charge is 0.380 e. The minimum atomic E-state index is 0.296. The molecule has 118 valence electrons. The summed E-state index contributed by atoms with van der Waals surface area (Å²) in [6.07, 6.45) is 5.39. The van der Waals surface area contributed by atoms with Crippen molar-refractivity contribution in [1.29, 1.82) is 0 Å². The van der Waals surface area contributed by atoms with Crippen LogP contribution in [0.2, 0.25) is 0 Å². The quantitative estimate of drug-likeness (QED) is 0.888. The normalized spacial score (nSPS) is 28.3. The van der Waals surface area contributed by atoms with Gasteiger partial charge in [-0.15, -0.1) is 0 Å². The monoisotopic (exact) mass is 293 g/mol. The summed E-state index contributed by atoms with van der Waals surface area (Å²) in [5.41, 5.74) is 0. The van der Waals surface area contributed by atoms with Crippen LogP contribution < -0.4 is 0 Å². The Morgan fingerprint density at radius 1 is 1.24 bits per heavy atom. The van der Waals surface area contributed by atoms with Crippen LogP contribution in [0.1, 0.15) is 43.4 Å². The number of aryl methyl sites for hydroxylation is 1. The molecule has 3 heterocycles. The van der Waals surface area contributed by atoms with Crippen LogP contribution in [0.3, 0.4) is 0 Å². The van der Waals surface area contributed by atoms with Gasteiger partial charge in [-0.05, 0) is 39.3 Å². The van der Waals surface area contributed by atoms with Gasteiger partial charge < -0.3 is 9.64 Å². The van der Waals surface area contributed by atoms with Crippen LogP contribution >= 0.6 is 0 Å². The van der Waals surface area contributed by atoms with Crippen molar-refractivity contribution in [3.8, 4) is 0 Å². The first-order chi connectivity index (χ1) is 10.3. The maximum Gasteiger partial charge on any atom is 0.167 e. The minimum Gasteiger partial charge on any atom is -0.380 e. The molecule has 2 saturated heterocycles. The van der Waals surface area contributed by atoms with Crippen molar-refractivity contribution >= 4 is 0 Å². The molecule has 0 amide bonds. The highest BCUT2D eigenvalue weighted by Crippen LogP contribution is 2.31. The van der Waals surface area contributed by atoms with Crippen LogP contribution in [0, 0.1) is 6.92 Å². The Morgan fingerprint density at radius 3 is 2.71 bits per heavy atom. The Balaban J connectivity index is 1.60. The second-order valence-electron chi connectivity index (χ2n) is 6.29. The molecular weight excluding hydrogens is 266 g/mol. The van der Waals surface area contributed by atoms with E-state index >= 15 is 0 Å². The molecule has 1 aromatic heterocycles. The van der Waals surface area contributed by atoms with Crippen molar-refractivity contribution in [1.82, 2.24) is 25.0 Å². The molecule has 6 nitrogen and oxygen atoms in total. The van der Waals surface area contributed by atoms with E-state index in [4.69, 9.17) is 4.74 Å². The van der Waals surface area contributed by atoms with E-state index in [1.54, 1.807) is 7.11 Å². The van der Waals surface area contributed by atoms with Crippen LogP contribution in [0.25, 0.3) is 0 Å². The van der Waals surface area contributed by atoms with Gasteiger partial charge in [-0.25, -0.2) is 4.98 Å². The summed E-state index contributed by atoms with van der Waals surface area (Å²) in [5, 5.41) is 7.33. The number of rotatable bonds is 5. The van der Waals surface area contributed by atoms with Gasteiger partial charge in [0.15, 0.2) is 5.82 Å². The molecule has 2 aliphatic heterocycles. The summed E-state index contributed by atoms with van der Waals surface area (Å²) >= 11 is 0. The molecule has 1 N–H and O–H groups in total. The summed E-state index contributed by atoms with van der Waals surface area (Å²) in [6.45, 7) is 7.69. The topological polar surface area (TPSA) is 57.3 Å². The summed E-state index contributed by atoms with van der Waals surface area (Å²) in [5.74, 6) is 1.81. The smallest absolute Gasteiger partial charge is 0.167 e. The third kappa shape index (κ3) is 3.62. The first-order valence-corrected chi connectivity index (χ1v) is 8.14. The van der Waals surface area contributed by atoms with Gasteiger partial charge in [-0.3, -0.25) is 10.00 Å². The number of ether oxygens (including phenoxy) is 1. The van der Waals surface area contributed by atoms with Gasteiger partial charge in [-0.2, -0.15) is 5.10 Å². The molecule has 2 atom stereocenters. The molecule has 6 heteroatoms. The number of aromatic amines is 1. The number of hydrogen-bond donors (Lipinski definition) is 1. The van der Waals surface area contributed by atoms with Gasteiger partial charge in [0.2, 0.25) is 0 Å². The third-order valence-electron chi connectivity index (χ3n) is 4.76. The lowest BCUT2D eigenvalue weighted by atomic mass is 10.1. The lowest BCUT2D eigenvalue weighted by Gasteiger charge is -2.30. The van der Waals surface area contributed by atoms with Crippen molar-refractivity contribution in [3.63, 3.8) is 0 Å². The summed E-state index contributed by atoms with van der Waals surface area (Å²) in [6, 6.07) is 0.296. The molecule has 1 aromatic rings. The molecule has 0 aliphatic carbocycles. The van der Waals surface area contributed by atoms with Crippen molar-refractivity contribution in [2.24, 2.45) is 0 Å². The number of aromatic nitrogens is 3. The first-order valence-electron chi connectivity index (χ1n) is 8.14. The number of likely N-dealkylation sites (tertiary alicyclic amines) is 2. The zero-order valence-electron chi connectivity index (χ0n) is 13.2. The van der Waals surface area contributed by atoms with E-state index in [2.05, 4.69) is 25.0 Å². The Kier molecular flexibility index (Phi) is 4.87. The lowest BCUT2D eigenvalue weighted by Crippen LogP contribution is -2.38. The molecule has 21 heavy (non-hydrogen) atoms. The Labute approximate surface area is 126 Å². The van der Waals surface area contributed by atoms with E-state index in [1.807, 2.05) is 6.92 Å². The highest BCUT2D eigenvalue weighted by atomic mass is 16.5. The van der Waals surface area contributed by atoms with Crippen molar-refractivity contribution < 1.29 is 4.74 Å². The highest BCUT2D eigenvalue weighted by molar-refractivity contribution is 5.01. The Bertz CT molecular complexity index is 443. The van der Waals surface area contributed by atoms with Crippen molar-refractivity contribution in [2.45, 2.75) is 44.8 Å². The predicted octanol–water partition coefficient (Wildman–Crippen LogP) is 1.36. The van der Waals surface area contributed by atoms with E-state index in [0.717, 1.165) is 37.7 Å². The van der Waals surface area contributed by atoms with E-state index < -0.39 is 0 Å². The lowest BCUT2D eigenvalue weighted by molar-refractivity contribution is 0.105. The molecular formula is C15H27N5O. The summed E-state index contributed by atoms with van der Waals surface area (Å²) in [4.78, 5) is 9.61. The van der Waals surface area contributed by atoms with Gasteiger partial charge in [0.05, 0.1) is 12.1 Å². The number of hydrogen-bond acceptors (Lipinski definition) is 5. The van der Waals surface area contributed by atoms with E-state index in [0.29, 0.717) is 12.1 Å². The fraction of sp³-hybridized carbons (Fsp3) is 0.867. The Morgan fingerprint density at radius 2 is 2.05 bits per heavy atom. The Hall–Kier alpha value is -0.980. The molecule has 0 saturated carbocycles. The number of methoxy groups -OCH3 is 1. The van der Waals surface area contributed by atoms with Gasteiger partial charge >= 0.3 is 0 Å². The second kappa shape index (κ2) is 6.85. The van der Waals surface area contributed by atoms with Crippen LogP contribution in [0.5, 0.6) is 0 Å². The number of H-pyrrole nitrogens is 1. The third-order valence-corrected chi connectivity index (χ3v) is 4.76. The van der Waals surface area contributed by atoms with Crippen LogP contribution in [-0.4, -0.2) is 70.9 Å². The number of nitrogens with one attached hydrogen (secondary N) is 1.